The van der Waals surface area contributed by atoms with Crippen LogP contribution in [0, 0.1) is 0 Å². The van der Waals surface area contributed by atoms with Gasteiger partial charge in [0.2, 0.25) is 0 Å². The van der Waals surface area contributed by atoms with Gasteiger partial charge in [0.1, 0.15) is 5.75 Å². The fourth-order valence-corrected chi connectivity index (χ4v) is 3.44. The minimum Gasteiger partial charge on any atom is -0.495 e. The minimum absolute atomic E-state index is 0.449. The summed E-state index contributed by atoms with van der Waals surface area (Å²) in [7, 11) is 0.401. The van der Waals surface area contributed by atoms with Crippen molar-refractivity contribution in [3.05, 3.63) is 34.8 Å². The quantitative estimate of drug-likeness (QED) is 0.862. The number of aromatic nitrogens is 1. The van der Waals surface area contributed by atoms with Crippen LogP contribution in [0.2, 0.25) is 0 Å². The molecule has 0 aliphatic carbocycles. The topological polar surface area (TPSA) is 65.2 Å². The average molecular weight is 268 g/mol. The Balaban J connectivity index is 2.24. The van der Waals surface area contributed by atoms with Crippen molar-refractivity contribution in [3.63, 3.8) is 0 Å². The highest BCUT2D eigenvalue weighted by Gasteiger charge is 2.12. The highest BCUT2D eigenvalue weighted by atomic mass is 32.2. The molecule has 0 aliphatic rings. The number of methoxy groups -OCH3 is 1. The third-order valence-electron chi connectivity index (χ3n) is 2.19. The standard InChI is InChI=1S/C11H12N2O2S2/c1-15-10-4-8(12)2-3-11(10)17(14)6-9-5-13-7-16-9/h2-5,7H,6,12H2,1H3. The van der Waals surface area contributed by atoms with Gasteiger partial charge in [0.05, 0.1) is 34.1 Å². The lowest BCUT2D eigenvalue weighted by atomic mass is 10.3. The molecule has 0 spiro atoms. The lowest BCUT2D eigenvalue weighted by Crippen LogP contribution is -1.99. The Morgan fingerprint density at radius 1 is 1.53 bits per heavy atom. The van der Waals surface area contributed by atoms with Gasteiger partial charge >= 0.3 is 0 Å². The number of ether oxygens (including phenoxy) is 1. The molecule has 1 unspecified atom stereocenters. The van der Waals surface area contributed by atoms with E-state index in [0.29, 0.717) is 22.1 Å². The molecule has 1 aromatic carbocycles. The summed E-state index contributed by atoms with van der Waals surface area (Å²) >= 11 is 1.49. The van der Waals surface area contributed by atoms with E-state index in [4.69, 9.17) is 10.5 Å². The number of rotatable bonds is 4. The zero-order valence-electron chi connectivity index (χ0n) is 9.25. The monoisotopic (exact) mass is 268 g/mol. The maximum atomic E-state index is 12.2. The molecule has 1 aromatic heterocycles. The second kappa shape index (κ2) is 5.29. The normalized spacial score (nSPS) is 12.3. The maximum absolute atomic E-state index is 12.2. The molecule has 1 heterocycles. The molecule has 2 N–H and O–H groups in total. The van der Waals surface area contributed by atoms with Gasteiger partial charge in [-0.05, 0) is 12.1 Å². The Morgan fingerprint density at radius 3 is 3.00 bits per heavy atom. The van der Waals surface area contributed by atoms with Crippen molar-refractivity contribution in [1.29, 1.82) is 0 Å². The van der Waals surface area contributed by atoms with E-state index in [1.165, 1.54) is 11.3 Å². The molecule has 0 aliphatic heterocycles. The summed E-state index contributed by atoms with van der Waals surface area (Å²) < 4.78 is 17.4. The van der Waals surface area contributed by atoms with Gasteiger partial charge in [-0.15, -0.1) is 11.3 Å². The molecule has 90 valence electrons. The van der Waals surface area contributed by atoms with Crippen LogP contribution in [0.3, 0.4) is 0 Å². The second-order valence-electron chi connectivity index (χ2n) is 3.37. The summed E-state index contributed by atoms with van der Waals surface area (Å²) in [6.45, 7) is 0. The van der Waals surface area contributed by atoms with Gasteiger partial charge in [-0.25, -0.2) is 0 Å². The zero-order chi connectivity index (χ0) is 12.3. The molecule has 2 aromatic rings. The summed E-state index contributed by atoms with van der Waals surface area (Å²) in [6, 6.07) is 5.15. The van der Waals surface area contributed by atoms with E-state index in [0.717, 1.165) is 4.88 Å². The van der Waals surface area contributed by atoms with Crippen molar-refractivity contribution in [2.45, 2.75) is 10.6 Å². The molecule has 17 heavy (non-hydrogen) atoms. The molecule has 0 amide bonds. The fourth-order valence-electron chi connectivity index (χ4n) is 1.39. The van der Waals surface area contributed by atoms with E-state index < -0.39 is 10.8 Å². The smallest absolute Gasteiger partial charge is 0.137 e. The number of benzene rings is 1. The lowest BCUT2D eigenvalue weighted by molar-refractivity contribution is 0.404. The Labute approximate surface area is 106 Å². The third-order valence-corrected chi connectivity index (χ3v) is 4.55. The third kappa shape index (κ3) is 2.83. The number of thiazole rings is 1. The van der Waals surface area contributed by atoms with E-state index in [1.54, 1.807) is 37.0 Å². The first-order valence-corrected chi connectivity index (χ1v) is 7.10. The van der Waals surface area contributed by atoms with Crippen LogP contribution >= 0.6 is 11.3 Å². The molecular weight excluding hydrogens is 256 g/mol. The highest BCUT2D eigenvalue weighted by Crippen LogP contribution is 2.26. The number of nitrogens with zero attached hydrogens (tertiary/aromatic N) is 1. The maximum Gasteiger partial charge on any atom is 0.137 e. The average Bonchev–Trinajstić information content (AvgIpc) is 2.81. The van der Waals surface area contributed by atoms with Crippen molar-refractivity contribution in [3.8, 4) is 5.75 Å². The van der Waals surface area contributed by atoms with Crippen LogP contribution in [0.5, 0.6) is 5.75 Å². The van der Waals surface area contributed by atoms with E-state index in [9.17, 15) is 4.21 Å². The Hall–Kier alpha value is -1.40. The molecule has 1 atom stereocenters. The molecule has 0 bridgehead atoms. The largest absolute Gasteiger partial charge is 0.495 e. The van der Waals surface area contributed by atoms with Crippen LogP contribution in [0.15, 0.2) is 34.8 Å². The van der Waals surface area contributed by atoms with Gasteiger partial charge in [-0.2, -0.15) is 0 Å². The van der Waals surface area contributed by atoms with Gasteiger partial charge in [0.15, 0.2) is 0 Å². The number of hydrogen-bond acceptors (Lipinski definition) is 5. The van der Waals surface area contributed by atoms with Gasteiger partial charge in [-0.3, -0.25) is 9.19 Å². The lowest BCUT2D eigenvalue weighted by Gasteiger charge is -2.08. The van der Waals surface area contributed by atoms with Crippen molar-refractivity contribution >= 4 is 27.8 Å². The summed E-state index contributed by atoms with van der Waals surface area (Å²) in [5.41, 5.74) is 7.98. The predicted molar refractivity (Wildman–Crippen MR) is 69.6 cm³/mol. The molecule has 0 saturated heterocycles. The summed E-state index contributed by atoms with van der Waals surface area (Å²) in [4.78, 5) is 5.61. The van der Waals surface area contributed by atoms with Crippen LogP contribution in [0.4, 0.5) is 5.69 Å². The van der Waals surface area contributed by atoms with Crippen LogP contribution in [0.1, 0.15) is 4.88 Å². The van der Waals surface area contributed by atoms with Gasteiger partial charge in [-0.1, -0.05) is 0 Å². The first-order chi connectivity index (χ1) is 8.20. The minimum atomic E-state index is -1.14. The highest BCUT2D eigenvalue weighted by molar-refractivity contribution is 7.84. The molecule has 2 rings (SSSR count). The molecule has 0 saturated carbocycles. The Morgan fingerprint density at radius 2 is 2.35 bits per heavy atom. The Bertz CT molecular complexity index is 526. The van der Waals surface area contributed by atoms with Crippen molar-refractivity contribution in [2.24, 2.45) is 0 Å². The van der Waals surface area contributed by atoms with Crippen LogP contribution in [-0.4, -0.2) is 16.3 Å². The van der Waals surface area contributed by atoms with Gasteiger partial charge < -0.3 is 10.5 Å². The zero-order valence-corrected chi connectivity index (χ0v) is 10.9. The van der Waals surface area contributed by atoms with E-state index in [1.807, 2.05) is 0 Å². The summed E-state index contributed by atoms with van der Waals surface area (Å²) in [5.74, 6) is 1.01. The first kappa shape index (κ1) is 12.1. The number of hydrogen-bond donors (Lipinski definition) is 1. The Kier molecular flexibility index (Phi) is 3.75. The van der Waals surface area contributed by atoms with Crippen LogP contribution < -0.4 is 10.5 Å². The van der Waals surface area contributed by atoms with Crippen molar-refractivity contribution in [1.82, 2.24) is 4.98 Å². The SMILES string of the molecule is COc1cc(N)ccc1S(=O)Cc1cncs1. The van der Waals surface area contributed by atoms with E-state index in [2.05, 4.69) is 4.98 Å². The van der Waals surface area contributed by atoms with Crippen LogP contribution in [0.25, 0.3) is 0 Å². The first-order valence-electron chi connectivity index (χ1n) is 4.90. The van der Waals surface area contributed by atoms with E-state index >= 15 is 0 Å². The summed E-state index contributed by atoms with van der Waals surface area (Å²) in [5, 5.41) is 0. The van der Waals surface area contributed by atoms with E-state index in [-0.39, 0.29) is 0 Å². The number of nitrogens with two attached hydrogens (primary N) is 1. The fraction of sp³-hybridized carbons (Fsp3) is 0.182. The molecular formula is C11H12N2O2S2. The number of anilines is 1. The summed E-state index contributed by atoms with van der Waals surface area (Å²) in [6.07, 6.45) is 1.73. The molecule has 0 radical (unpaired) electrons. The van der Waals surface area contributed by atoms with Crippen molar-refractivity contribution < 1.29 is 8.95 Å². The molecule has 6 heteroatoms. The predicted octanol–water partition coefficient (Wildman–Crippen LogP) is 2.04. The van der Waals surface area contributed by atoms with Crippen LogP contribution in [-0.2, 0) is 16.6 Å². The second-order valence-corrected chi connectivity index (χ2v) is 5.76. The molecule has 0 fully saturated rings. The molecule has 4 nitrogen and oxygen atoms in total. The van der Waals surface area contributed by atoms with Crippen molar-refractivity contribution in [2.75, 3.05) is 12.8 Å². The van der Waals surface area contributed by atoms with Gasteiger partial charge in [0, 0.05) is 22.8 Å². The number of nitrogen functional groups attached to an aromatic ring is 1. The van der Waals surface area contributed by atoms with Gasteiger partial charge in [0.25, 0.3) is 0 Å².